The molecule has 1 aromatic heterocycles. The van der Waals surface area contributed by atoms with Gasteiger partial charge < -0.3 is 19.3 Å². The number of aromatic nitrogens is 1. The average Bonchev–Trinajstić information content (AvgIpc) is 3.44. The minimum atomic E-state index is -1.17. The number of esters is 1. The van der Waals surface area contributed by atoms with Gasteiger partial charge in [0.25, 0.3) is 0 Å². The molecule has 0 amide bonds. The number of anilines is 1. The third kappa shape index (κ3) is 3.14. The standard InChI is InChI=1S/C24H21N3O5S/c28-20-17-6-5-14(13-18(17)27-11-12-33-22(27)19(20)23(29)30)25-7-9-26(10-8-25)21-15-3-1-2-4-16(15)24(31)32-21/h1-6,13,21H,7-12H2,(H,29,30). The van der Waals surface area contributed by atoms with E-state index in [1.54, 1.807) is 12.1 Å². The van der Waals surface area contributed by atoms with Crippen LogP contribution in [-0.4, -0.2) is 58.4 Å². The van der Waals surface area contributed by atoms with Crippen LogP contribution in [0, 0.1) is 0 Å². The molecular weight excluding hydrogens is 442 g/mol. The first kappa shape index (κ1) is 20.3. The quantitative estimate of drug-likeness (QED) is 0.593. The van der Waals surface area contributed by atoms with Gasteiger partial charge >= 0.3 is 11.9 Å². The Morgan fingerprint density at radius 1 is 1.03 bits per heavy atom. The topological polar surface area (TPSA) is 92.1 Å². The Hall–Kier alpha value is -3.30. The van der Waals surface area contributed by atoms with Crippen LogP contribution in [0.15, 0.2) is 52.3 Å². The first-order valence-corrected chi connectivity index (χ1v) is 11.9. The number of pyridine rings is 1. The van der Waals surface area contributed by atoms with E-state index in [1.165, 1.54) is 11.8 Å². The summed E-state index contributed by atoms with van der Waals surface area (Å²) in [6.45, 7) is 3.65. The number of nitrogens with zero attached hydrogens (tertiary/aromatic N) is 3. The Balaban J connectivity index is 1.28. The maximum Gasteiger partial charge on any atom is 0.342 e. The molecule has 0 spiro atoms. The molecule has 1 N–H and O–H groups in total. The van der Waals surface area contributed by atoms with Crippen molar-refractivity contribution in [2.45, 2.75) is 17.8 Å². The largest absolute Gasteiger partial charge is 0.477 e. The van der Waals surface area contributed by atoms with Crippen LogP contribution in [0.4, 0.5) is 5.69 Å². The number of carboxylic acids is 1. The third-order valence-corrected chi connectivity index (χ3v) is 7.73. The smallest absolute Gasteiger partial charge is 0.342 e. The fraction of sp³-hybridized carbons (Fsp3) is 0.292. The minimum absolute atomic E-state index is 0.127. The number of carbonyl (C=O) groups excluding carboxylic acids is 1. The molecule has 1 saturated heterocycles. The summed E-state index contributed by atoms with van der Waals surface area (Å²) >= 11 is 1.42. The van der Waals surface area contributed by atoms with E-state index in [0.29, 0.717) is 22.5 Å². The average molecular weight is 464 g/mol. The molecule has 0 radical (unpaired) electrons. The second-order valence-corrected chi connectivity index (χ2v) is 9.47. The second kappa shape index (κ2) is 7.64. The number of benzene rings is 2. The Morgan fingerprint density at radius 2 is 1.82 bits per heavy atom. The molecule has 0 aliphatic carbocycles. The maximum absolute atomic E-state index is 12.9. The van der Waals surface area contributed by atoms with Gasteiger partial charge in [0.15, 0.2) is 6.23 Å². The van der Waals surface area contributed by atoms with Crippen LogP contribution in [0.2, 0.25) is 0 Å². The summed E-state index contributed by atoms with van der Waals surface area (Å²) in [4.78, 5) is 41.2. The number of carbonyl (C=O) groups is 2. The van der Waals surface area contributed by atoms with Gasteiger partial charge in [0, 0.05) is 55.1 Å². The van der Waals surface area contributed by atoms with Crippen LogP contribution < -0.4 is 10.3 Å². The van der Waals surface area contributed by atoms with E-state index in [0.717, 1.165) is 48.7 Å². The Labute approximate surface area is 193 Å². The predicted octanol–water partition coefficient (Wildman–Crippen LogP) is 2.80. The number of fused-ring (bicyclic) bond motifs is 4. The highest BCUT2D eigenvalue weighted by Gasteiger charge is 2.36. The third-order valence-electron chi connectivity index (χ3n) is 6.65. The molecule has 0 saturated carbocycles. The number of thioether (sulfide) groups is 1. The van der Waals surface area contributed by atoms with E-state index in [2.05, 4.69) is 9.80 Å². The molecule has 9 heteroatoms. The Bertz CT molecular complexity index is 1380. The van der Waals surface area contributed by atoms with Crippen LogP contribution in [0.3, 0.4) is 0 Å². The minimum Gasteiger partial charge on any atom is -0.477 e. The molecule has 0 bridgehead atoms. The fourth-order valence-electron chi connectivity index (χ4n) is 5.01. The molecule has 3 aliphatic heterocycles. The van der Waals surface area contributed by atoms with Gasteiger partial charge in [0.1, 0.15) is 5.56 Å². The summed E-state index contributed by atoms with van der Waals surface area (Å²) in [5, 5.41) is 10.6. The molecule has 3 aromatic rings. The van der Waals surface area contributed by atoms with Gasteiger partial charge in [-0.25, -0.2) is 9.59 Å². The summed E-state index contributed by atoms with van der Waals surface area (Å²) in [5.74, 6) is -0.691. The van der Waals surface area contributed by atoms with E-state index in [9.17, 15) is 19.5 Å². The van der Waals surface area contributed by atoms with E-state index in [1.807, 2.05) is 34.9 Å². The van der Waals surface area contributed by atoms with E-state index in [4.69, 9.17) is 4.74 Å². The zero-order valence-corrected chi connectivity index (χ0v) is 18.5. The zero-order chi connectivity index (χ0) is 22.7. The van der Waals surface area contributed by atoms with Crippen molar-refractivity contribution in [2.75, 3.05) is 36.8 Å². The number of hydrogen-bond acceptors (Lipinski definition) is 7. The summed E-state index contributed by atoms with van der Waals surface area (Å²) < 4.78 is 7.60. The first-order chi connectivity index (χ1) is 16.0. The van der Waals surface area contributed by atoms with Crippen molar-refractivity contribution in [3.8, 4) is 0 Å². The molecule has 3 aliphatic rings. The molecule has 2 aromatic carbocycles. The van der Waals surface area contributed by atoms with E-state index < -0.39 is 11.4 Å². The monoisotopic (exact) mass is 463 g/mol. The normalized spacial score (nSPS) is 20.1. The predicted molar refractivity (Wildman–Crippen MR) is 124 cm³/mol. The van der Waals surface area contributed by atoms with Crippen molar-refractivity contribution in [1.82, 2.24) is 9.47 Å². The number of piperazine rings is 1. The summed E-state index contributed by atoms with van der Waals surface area (Å²) in [7, 11) is 0. The van der Waals surface area contributed by atoms with Crippen LogP contribution >= 0.6 is 11.8 Å². The fourth-order valence-corrected chi connectivity index (χ4v) is 6.15. The number of cyclic esters (lactones) is 1. The SMILES string of the molecule is O=C1OC(N2CCN(c3ccc4c(=O)c(C(=O)O)c5n(c4c3)CCS5)CC2)c2ccccc21. The number of rotatable bonds is 3. The van der Waals surface area contributed by atoms with Gasteiger partial charge in [-0.3, -0.25) is 9.69 Å². The highest BCUT2D eigenvalue weighted by atomic mass is 32.2. The zero-order valence-electron chi connectivity index (χ0n) is 17.7. The lowest BCUT2D eigenvalue weighted by Crippen LogP contribution is -2.47. The van der Waals surface area contributed by atoms with Crippen molar-refractivity contribution in [1.29, 1.82) is 0 Å². The molecule has 1 unspecified atom stereocenters. The molecule has 33 heavy (non-hydrogen) atoms. The van der Waals surface area contributed by atoms with Crippen LogP contribution in [0.1, 0.15) is 32.5 Å². The molecule has 8 nitrogen and oxygen atoms in total. The van der Waals surface area contributed by atoms with Crippen LogP contribution in [-0.2, 0) is 11.3 Å². The van der Waals surface area contributed by atoms with Gasteiger partial charge in [0.05, 0.1) is 16.1 Å². The Morgan fingerprint density at radius 3 is 2.61 bits per heavy atom. The van der Waals surface area contributed by atoms with Gasteiger partial charge in [-0.05, 0) is 24.3 Å². The number of ether oxygens (including phenoxy) is 1. The van der Waals surface area contributed by atoms with Crippen LogP contribution in [0.5, 0.6) is 0 Å². The maximum atomic E-state index is 12.9. The van der Waals surface area contributed by atoms with E-state index in [-0.39, 0.29) is 17.8 Å². The van der Waals surface area contributed by atoms with Crippen LogP contribution in [0.25, 0.3) is 10.9 Å². The highest BCUT2D eigenvalue weighted by Crippen LogP contribution is 2.35. The lowest BCUT2D eigenvalue weighted by Gasteiger charge is -2.38. The second-order valence-electron chi connectivity index (χ2n) is 8.38. The van der Waals surface area contributed by atoms with Gasteiger partial charge in [0.2, 0.25) is 5.43 Å². The van der Waals surface area contributed by atoms with Crippen molar-refractivity contribution in [3.05, 3.63) is 69.4 Å². The molecule has 1 atom stereocenters. The Kier molecular flexibility index (Phi) is 4.70. The number of carboxylic acid groups (broad SMARTS) is 1. The molecule has 4 heterocycles. The summed E-state index contributed by atoms with van der Waals surface area (Å²) in [5.41, 5.74) is 2.79. The lowest BCUT2D eigenvalue weighted by molar-refractivity contribution is -0.0250. The molecule has 1 fully saturated rings. The number of hydrogen-bond donors (Lipinski definition) is 1. The van der Waals surface area contributed by atoms with Gasteiger partial charge in [-0.2, -0.15) is 0 Å². The van der Waals surface area contributed by atoms with Crippen molar-refractivity contribution in [2.24, 2.45) is 0 Å². The highest BCUT2D eigenvalue weighted by molar-refractivity contribution is 7.99. The van der Waals surface area contributed by atoms with Gasteiger partial charge in [-0.1, -0.05) is 18.2 Å². The summed E-state index contributed by atoms with van der Waals surface area (Å²) in [6.07, 6.45) is -0.347. The van der Waals surface area contributed by atoms with Crippen molar-refractivity contribution in [3.63, 3.8) is 0 Å². The van der Waals surface area contributed by atoms with Gasteiger partial charge in [-0.15, -0.1) is 11.8 Å². The first-order valence-electron chi connectivity index (χ1n) is 10.9. The van der Waals surface area contributed by atoms with E-state index >= 15 is 0 Å². The molecular formula is C24H21N3O5S. The molecule has 6 rings (SSSR count). The lowest BCUT2D eigenvalue weighted by atomic mass is 10.1. The van der Waals surface area contributed by atoms with Crippen molar-refractivity contribution >= 4 is 40.3 Å². The number of aromatic carboxylic acids is 1. The number of aryl methyl sites for hydroxylation is 1. The summed E-state index contributed by atoms with van der Waals surface area (Å²) in [6, 6.07) is 13.2. The molecule has 168 valence electrons. The van der Waals surface area contributed by atoms with Crippen molar-refractivity contribution < 1.29 is 19.4 Å².